The van der Waals surface area contributed by atoms with Crippen LogP contribution in [0.4, 0.5) is 5.82 Å². The molecule has 0 aliphatic heterocycles. The maximum atomic E-state index is 12.7. The van der Waals surface area contributed by atoms with Gasteiger partial charge in [-0.05, 0) is 90.7 Å². The Kier molecular flexibility index (Phi) is 7.94. The van der Waals surface area contributed by atoms with Crippen molar-refractivity contribution in [1.29, 1.82) is 0 Å². The molecule has 3 rings (SSSR count). The van der Waals surface area contributed by atoms with Crippen molar-refractivity contribution < 1.29 is 9.59 Å². The van der Waals surface area contributed by atoms with Gasteiger partial charge in [0.15, 0.2) is 0 Å². The highest BCUT2D eigenvalue weighted by molar-refractivity contribution is 9.10. The van der Waals surface area contributed by atoms with Crippen molar-refractivity contribution in [3.05, 3.63) is 56.6 Å². The number of benzene rings is 1. The summed E-state index contributed by atoms with van der Waals surface area (Å²) in [5, 5.41) is 6.43. The summed E-state index contributed by atoms with van der Waals surface area (Å²) in [5.74, 6) is 0.562. The molecule has 1 aromatic carbocycles. The van der Waals surface area contributed by atoms with Crippen molar-refractivity contribution in [3.8, 4) is 0 Å². The number of nitrogens with two attached hydrogens (primary N) is 1. The van der Waals surface area contributed by atoms with Crippen molar-refractivity contribution in [2.75, 3.05) is 5.73 Å². The van der Waals surface area contributed by atoms with Crippen LogP contribution in [0.25, 0.3) is 0 Å². The lowest BCUT2D eigenvalue weighted by Crippen LogP contribution is -2.46. The number of anilines is 1. The number of carbonyl (C=O) groups excluding carboxylic acids is 2. The Hall–Kier alpha value is -2.12. The summed E-state index contributed by atoms with van der Waals surface area (Å²) in [4.78, 5) is 29.3. The van der Waals surface area contributed by atoms with E-state index in [1.165, 1.54) is 5.56 Å². The summed E-state index contributed by atoms with van der Waals surface area (Å²) in [6, 6.07) is 8.95. The molecule has 0 saturated heterocycles. The van der Waals surface area contributed by atoms with Crippen LogP contribution in [-0.2, 0) is 22.6 Å². The highest BCUT2D eigenvalue weighted by atomic mass is 79.9. The highest BCUT2D eigenvalue weighted by Crippen LogP contribution is 2.34. The minimum absolute atomic E-state index is 0.0516. The van der Waals surface area contributed by atoms with Gasteiger partial charge in [-0.1, -0.05) is 23.7 Å². The molecule has 2 aromatic rings. The Morgan fingerprint density at radius 3 is 2.77 bits per heavy atom. The molecular formula is C23H28BrClN4O2. The molecule has 1 aliphatic carbocycles. The fourth-order valence-electron chi connectivity index (χ4n) is 4.03. The van der Waals surface area contributed by atoms with Gasteiger partial charge in [0.1, 0.15) is 11.9 Å². The summed E-state index contributed by atoms with van der Waals surface area (Å²) in [5.41, 5.74) is 8.51. The van der Waals surface area contributed by atoms with Crippen LogP contribution in [0.2, 0.25) is 5.02 Å². The third-order valence-electron chi connectivity index (χ3n) is 5.84. The van der Waals surface area contributed by atoms with E-state index >= 15 is 0 Å². The molecule has 1 aliphatic rings. The van der Waals surface area contributed by atoms with Gasteiger partial charge in [-0.3, -0.25) is 9.59 Å². The molecule has 0 unspecified atom stereocenters. The maximum Gasteiger partial charge on any atom is 0.242 e. The van der Waals surface area contributed by atoms with E-state index in [0.29, 0.717) is 23.3 Å². The second kappa shape index (κ2) is 10.5. The van der Waals surface area contributed by atoms with E-state index in [2.05, 4.69) is 37.6 Å². The molecule has 1 saturated carbocycles. The topological polar surface area (TPSA) is 97.1 Å². The van der Waals surface area contributed by atoms with Crippen LogP contribution < -0.4 is 16.4 Å². The highest BCUT2D eigenvalue weighted by Gasteiger charge is 2.31. The first-order valence-corrected chi connectivity index (χ1v) is 11.6. The number of hydrogen-bond donors (Lipinski definition) is 3. The molecule has 6 nitrogen and oxygen atoms in total. The van der Waals surface area contributed by atoms with Crippen molar-refractivity contribution >= 4 is 45.2 Å². The Labute approximate surface area is 196 Å². The van der Waals surface area contributed by atoms with Gasteiger partial charge < -0.3 is 16.4 Å². The number of hydrogen-bond acceptors (Lipinski definition) is 4. The first-order valence-electron chi connectivity index (χ1n) is 10.5. The minimum Gasteiger partial charge on any atom is -0.384 e. The number of aryl methyl sites for hydroxylation is 1. The second-order valence-corrected chi connectivity index (χ2v) is 9.52. The number of nitrogens with one attached hydrogen (secondary N) is 2. The van der Waals surface area contributed by atoms with E-state index in [1.54, 1.807) is 13.0 Å². The van der Waals surface area contributed by atoms with Gasteiger partial charge in [-0.2, -0.15) is 0 Å². The second-order valence-electron chi connectivity index (χ2n) is 8.26. The number of nitrogen functional groups attached to an aromatic ring is 1. The molecule has 0 spiro atoms. The van der Waals surface area contributed by atoms with Crippen LogP contribution in [-0.4, -0.2) is 22.8 Å². The lowest BCUT2D eigenvalue weighted by molar-refractivity contribution is -0.130. The molecule has 0 radical (unpaired) electrons. The van der Waals surface area contributed by atoms with Crippen LogP contribution in [0, 0.1) is 18.8 Å². The zero-order valence-corrected chi connectivity index (χ0v) is 20.1. The Bertz CT molecular complexity index is 969. The van der Waals surface area contributed by atoms with Crippen LogP contribution in [0.1, 0.15) is 43.0 Å². The van der Waals surface area contributed by atoms with E-state index in [4.69, 9.17) is 17.3 Å². The lowest BCUT2D eigenvalue weighted by Gasteiger charge is -2.18. The number of rotatable bonds is 7. The van der Waals surface area contributed by atoms with Gasteiger partial charge >= 0.3 is 0 Å². The Balaban J connectivity index is 1.45. The number of halogens is 2. The average Bonchev–Trinajstić information content (AvgIpc) is 3.18. The van der Waals surface area contributed by atoms with Gasteiger partial charge in [0.2, 0.25) is 11.8 Å². The zero-order chi connectivity index (χ0) is 22.5. The van der Waals surface area contributed by atoms with Crippen molar-refractivity contribution in [3.63, 3.8) is 0 Å². The van der Waals surface area contributed by atoms with Crippen molar-refractivity contribution in [2.45, 2.75) is 52.1 Å². The third-order valence-corrected chi connectivity index (χ3v) is 7.07. The summed E-state index contributed by atoms with van der Waals surface area (Å²) in [6.07, 6.45) is 3.56. The van der Waals surface area contributed by atoms with E-state index in [1.807, 2.05) is 25.1 Å². The number of carbonyl (C=O) groups is 2. The minimum atomic E-state index is -0.598. The molecule has 8 heteroatoms. The summed E-state index contributed by atoms with van der Waals surface area (Å²) in [7, 11) is 0. The van der Waals surface area contributed by atoms with Crippen molar-refractivity contribution in [2.24, 2.45) is 11.8 Å². The van der Waals surface area contributed by atoms with Crippen LogP contribution in [0.15, 0.2) is 34.8 Å². The third kappa shape index (κ3) is 6.43. The van der Waals surface area contributed by atoms with Crippen LogP contribution in [0.5, 0.6) is 0 Å². The molecule has 1 aromatic heterocycles. The molecule has 4 N–H and O–H groups in total. The first kappa shape index (κ1) is 23.5. The fraction of sp³-hybridized carbons (Fsp3) is 0.435. The monoisotopic (exact) mass is 506 g/mol. The van der Waals surface area contributed by atoms with E-state index in [0.717, 1.165) is 41.4 Å². The molecule has 3 atom stereocenters. The van der Waals surface area contributed by atoms with Gasteiger partial charge in [-0.15, -0.1) is 0 Å². The predicted octanol–water partition coefficient (Wildman–Crippen LogP) is 4.17. The fourth-order valence-corrected chi connectivity index (χ4v) is 4.48. The van der Waals surface area contributed by atoms with Gasteiger partial charge in [-0.25, -0.2) is 4.98 Å². The van der Waals surface area contributed by atoms with Gasteiger partial charge in [0, 0.05) is 22.6 Å². The average molecular weight is 508 g/mol. The molecule has 1 fully saturated rings. The standard InChI is InChI=1S/C23H28BrClN4O2/c1-13-18(6-8-21(26)28-13)12-27-22(30)14(2)29-23(31)17-5-3-15(10-17)9-16-4-7-19(24)20(25)11-16/h4,6-8,11,14-15,17H,3,5,9-10,12H2,1-2H3,(H2,26,28)(H,27,30)(H,29,31)/t14-,15-,17+/m0/s1. The zero-order valence-electron chi connectivity index (χ0n) is 17.8. The summed E-state index contributed by atoms with van der Waals surface area (Å²) in [6.45, 7) is 3.90. The number of amides is 2. The van der Waals surface area contributed by atoms with Crippen LogP contribution in [0.3, 0.4) is 0 Å². The van der Waals surface area contributed by atoms with E-state index in [9.17, 15) is 9.59 Å². The predicted molar refractivity (Wildman–Crippen MR) is 127 cm³/mol. The van der Waals surface area contributed by atoms with Crippen molar-refractivity contribution in [1.82, 2.24) is 15.6 Å². The number of nitrogens with zero attached hydrogens (tertiary/aromatic N) is 1. The summed E-state index contributed by atoms with van der Waals surface area (Å²) < 4.78 is 0.886. The Morgan fingerprint density at radius 1 is 1.29 bits per heavy atom. The largest absolute Gasteiger partial charge is 0.384 e. The maximum absolute atomic E-state index is 12.7. The van der Waals surface area contributed by atoms with E-state index < -0.39 is 6.04 Å². The normalized spacial score (nSPS) is 19.1. The summed E-state index contributed by atoms with van der Waals surface area (Å²) >= 11 is 9.60. The smallest absolute Gasteiger partial charge is 0.242 e. The SMILES string of the molecule is Cc1nc(N)ccc1CNC(=O)[C@H](C)NC(=O)[C@@H]1CC[C@@H](Cc2ccc(Br)c(Cl)c2)C1. The molecule has 31 heavy (non-hydrogen) atoms. The quantitative estimate of drug-likeness (QED) is 0.524. The molecule has 1 heterocycles. The van der Waals surface area contributed by atoms with Gasteiger partial charge in [0.25, 0.3) is 0 Å². The molecule has 166 valence electrons. The molecular weight excluding hydrogens is 480 g/mol. The van der Waals surface area contributed by atoms with Gasteiger partial charge in [0.05, 0.1) is 5.02 Å². The molecule has 0 bridgehead atoms. The van der Waals surface area contributed by atoms with E-state index in [-0.39, 0.29) is 17.7 Å². The number of pyridine rings is 1. The molecule has 2 amide bonds. The number of aromatic nitrogens is 1. The van der Waals surface area contributed by atoms with Crippen LogP contribution >= 0.6 is 27.5 Å². The lowest BCUT2D eigenvalue weighted by atomic mass is 9.96. The first-order chi connectivity index (χ1) is 14.7. The Morgan fingerprint density at radius 2 is 2.06 bits per heavy atom.